The van der Waals surface area contributed by atoms with Crippen LogP contribution in [-0.4, -0.2) is 34.5 Å². The first-order valence-electron chi connectivity index (χ1n) is 12.7. The fraction of sp³-hybridized carbons (Fsp3) is 0.267. The van der Waals surface area contributed by atoms with Crippen LogP contribution in [0.4, 0.5) is 0 Å². The number of amides is 2. The fourth-order valence-electron chi connectivity index (χ4n) is 4.19. The van der Waals surface area contributed by atoms with Crippen molar-refractivity contribution in [3.63, 3.8) is 0 Å². The minimum atomic E-state index is -1.26. The minimum absolute atomic E-state index is 0.0608. The number of phenols is 1. The highest BCUT2D eigenvalue weighted by molar-refractivity contribution is 6.09. The van der Waals surface area contributed by atoms with Crippen LogP contribution in [-0.2, 0) is 14.4 Å². The van der Waals surface area contributed by atoms with Gasteiger partial charge in [0, 0.05) is 53.7 Å². The van der Waals surface area contributed by atoms with E-state index < -0.39 is 5.97 Å². The van der Waals surface area contributed by atoms with Crippen LogP contribution in [0.25, 0.3) is 27.9 Å². The summed E-state index contributed by atoms with van der Waals surface area (Å²) in [5.41, 5.74) is 1.26. The molecule has 9 heteroatoms. The number of allylic oxidation sites excluding steroid dienone is 3. The van der Waals surface area contributed by atoms with Crippen LogP contribution in [0.15, 0.2) is 75.6 Å². The van der Waals surface area contributed by atoms with E-state index in [0.717, 1.165) is 12.8 Å². The van der Waals surface area contributed by atoms with Gasteiger partial charge in [0.2, 0.25) is 11.8 Å². The predicted molar refractivity (Wildman–Crippen MR) is 149 cm³/mol. The molecule has 3 rings (SSSR count). The maximum Gasteiger partial charge on any atom is 0.336 e. The van der Waals surface area contributed by atoms with Crippen molar-refractivity contribution in [1.29, 1.82) is 0 Å². The number of hydrogen-bond acceptors (Lipinski definition) is 6. The highest BCUT2D eigenvalue weighted by atomic mass is 16.4. The molecule has 0 bridgehead atoms. The van der Waals surface area contributed by atoms with Crippen LogP contribution >= 0.6 is 0 Å². The Labute approximate surface area is 225 Å². The van der Waals surface area contributed by atoms with E-state index in [4.69, 9.17) is 4.42 Å². The molecule has 2 amide bonds. The molecule has 1 heterocycles. The Morgan fingerprint density at radius 2 is 1.79 bits per heavy atom. The Kier molecular flexibility index (Phi) is 9.80. The summed E-state index contributed by atoms with van der Waals surface area (Å²) in [6.45, 7) is 8.03. The quantitative estimate of drug-likeness (QED) is 0.114. The van der Waals surface area contributed by atoms with E-state index in [1.54, 1.807) is 19.1 Å². The summed E-state index contributed by atoms with van der Waals surface area (Å²) in [6.07, 6.45) is 5.27. The molecule has 0 spiro atoms. The monoisotopic (exact) mass is 532 g/mol. The number of carboxylic acids is 1. The molecular weight excluding hydrogens is 500 g/mol. The average molecular weight is 533 g/mol. The summed E-state index contributed by atoms with van der Waals surface area (Å²) in [4.78, 5) is 48.7. The van der Waals surface area contributed by atoms with Crippen molar-refractivity contribution in [2.45, 2.75) is 46.0 Å². The second-order valence-electron chi connectivity index (χ2n) is 9.08. The first kappa shape index (κ1) is 28.9. The molecule has 0 atom stereocenters. The molecule has 1 aromatic rings. The SMILES string of the molecule is C=C/C(=C(\C=C(/C)NC(=O)CCCC(=O)NCCCC)C(=O)O)c1c2ccc(=O)cc-2oc2cc(O)ccc12. The predicted octanol–water partition coefficient (Wildman–Crippen LogP) is 4.73. The molecule has 0 fully saturated rings. The van der Waals surface area contributed by atoms with E-state index in [0.29, 0.717) is 29.5 Å². The van der Waals surface area contributed by atoms with Crippen LogP contribution in [0.3, 0.4) is 0 Å². The van der Waals surface area contributed by atoms with Crippen LogP contribution in [0.2, 0.25) is 0 Å². The van der Waals surface area contributed by atoms with Crippen LogP contribution in [0.5, 0.6) is 5.75 Å². The first-order valence-corrected chi connectivity index (χ1v) is 12.7. The second-order valence-corrected chi connectivity index (χ2v) is 9.08. The molecule has 0 saturated carbocycles. The van der Waals surface area contributed by atoms with Gasteiger partial charge in [0.25, 0.3) is 0 Å². The largest absolute Gasteiger partial charge is 0.508 e. The fourth-order valence-corrected chi connectivity index (χ4v) is 4.19. The first-order chi connectivity index (χ1) is 18.6. The number of carbonyl (C=O) groups excluding carboxylic acids is 2. The van der Waals surface area contributed by atoms with Crippen LogP contribution in [0.1, 0.15) is 51.5 Å². The number of phenolic OH excluding ortho intramolecular Hbond substituents is 1. The van der Waals surface area contributed by atoms with Gasteiger partial charge in [-0.05, 0) is 55.7 Å². The number of hydrogen-bond donors (Lipinski definition) is 4. The van der Waals surface area contributed by atoms with Gasteiger partial charge in [0.05, 0.1) is 5.57 Å². The van der Waals surface area contributed by atoms with Crippen molar-refractivity contribution in [2.75, 3.05) is 6.54 Å². The topological polar surface area (TPSA) is 146 Å². The molecule has 0 saturated heterocycles. The molecule has 39 heavy (non-hydrogen) atoms. The van der Waals surface area contributed by atoms with Crippen molar-refractivity contribution in [2.24, 2.45) is 0 Å². The van der Waals surface area contributed by atoms with Gasteiger partial charge in [0.15, 0.2) is 5.43 Å². The molecule has 1 aliphatic carbocycles. The van der Waals surface area contributed by atoms with Crippen molar-refractivity contribution in [3.05, 3.63) is 82.2 Å². The van der Waals surface area contributed by atoms with E-state index >= 15 is 0 Å². The Bertz CT molecular complexity index is 1500. The van der Waals surface area contributed by atoms with Gasteiger partial charge in [-0.25, -0.2) is 4.79 Å². The molecule has 0 radical (unpaired) electrons. The maximum atomic E-state index is 12.4. The molecule has 1 aliphatic heterocycles. The number of unbranched alkanes of at least 4 members (excludes halogenated alkanes) is 1. The third-order valence-corrected chi connectivity index (χ3v) is 6.03. The summed E-state index contributed by atoms with van der Waals surface area (Å²) in [5, 5.41) is 26.1. The Hall–Kier alpha value is -4.66. The minimum Gasteiger partial charge on any atom is -0.508 e. The number of rotatable bonds is 12. The maximum absolute atomic E-state index is 12.4. The number of fused-ring (bicyclic) bond motifs is 2. The van der Waals surface area contributed by atoms with Gasteiger partial charge >= 0.3 is 5.97 Å². The van der Waals surface area contributed by atoms with Gasteiger partial charge in [-0.3, -0.25) is 14.4 Å². The molecule has 0 aromatic heterocycles. The van der Waals surface area contributed by atoms with Gasteiger partial charge < -0.3 is 25.3 Å². The van der Waals surface area contributed by atoms with E-state index in [2.05, 4.69) is 17.2 Å². The zero-order valence-electron chi connectivity index (χ0n) is 22.0. The molecule has 9 nitrogen and oxygen atoms in total. The zero-order chi connectivity index (χ0) is 28.5. The van der Waals surface area contributed by atoms with E-state index in [1.165, 1.54) is 36.4 Å². The third kappa shape index (κ3) is 7.44. The number of nitrogens with one attached hydrogen (secondary N) is 2. The normalized spacial score (nSPS) is 12.2. The second kappa shape index (κ2) is 13.2. The van der Waals surface area contributed by atoms with Crippen LogP contribution < -0.4 is 16.1 Å². The van der Waals surface area contributed by atoms with Crippen molar-refractivity contribution in [3.8, 4) is 17.1 Å². The zero-order valence-corrected chi connectivity index (χ0v) is 22.0. The smallest absolute Gasteiger partial charge is 0.336 e. The average Bonchev–Trinajstić information content (AvgIpc) is 2.87. The van der Waals surface area contributed by atoms with Crippen molar-refractivity contribution in [1.82, 2.24) is 10.6 Å². The standard InChI is InChI=1S/C30H32N2O7/c1-4-6-14-31-27(35)8-7-9-28(36)32-18(3)15-24(30(37)38)21(5-2)29-22-12-10-19(33)16-25(22)39-26-17-20(34)11-13-23(26)29/h5,10-13,15-17,33H,2,4,6-9,14H2,1,3H3,(H,31,35)(H,32,36)(H,37,38)/b18-15+,24-21-. The third-order valence-electron chi connectivity index (χ3n) is 6.03. The van der Waals surface area contributed by atoms with E-state index in [1.807, 2.05) is 6.92 Å². The summed E-state index contributed by atoms with van der Waals surface area (Å²) < 4.78 is 5.83. The highest BCUT2D eigenvalue weighted by Gasteiger charge is 2.22. The van der Waals surface area contributed by atoms with Crippen molar-refractivity contribution >= 4 is 34.3 Å². The molecule has 204 valence electrons. The molecule has 0 unspecified atom stereocenters. The molecule has 4 N–H and O–H groups in total. The lowest BCUT2D eigenvalue weighted by Crippen LogP contribution is -2.25. The van der Waals surface area contributed by atoms with Crippen molar-refractivity contribution < 1.29 is 29.0 Å². The Morgan fingerprint density at radius 3 is 2.49 bits per heavy atom. The number of carbonyl (C=O) groups is 3. The number of aromatic hydroxyl groups is 1. The number of benzene rings is 2. The van der Waals surface area contributed by atoms with Gasteiger partial charge in [0.1, 0.15) is 17.1 Å². The summed E-state index contributed by atoms with van der Waals surface area (Å²) >= 11 is 0. The number of carboxylic acid groups (broad SMARTS) is 1. The number of aliphatic carboxylic acids is 1. The lowest BCUT2D eigenvalue weighted by molar-refractivity contribution is -0.132. The van der Waals surface area contributed by atoms with Gasteiger partial charge in [-0.2, -0.15) is 0 Å². The summed E-state index contributed by atoms with van der Waals surface area (Å²) in [7, 11) is 0. The molecule has 1 aromatic carbocycles. The van der Waals surface area contributed by atoms with E-state index in [9.17, 15) is 29.4 Å². The lowest BCUT2D eigenvalue weighted by Gasteiger charge is -2.17. The van der Waals surface area contributed by atoms with Gasteiger partial charge in [-0.1, -0.05) is 26.0 Å². The summed E-state index contributed by atoms with van der Waals surface area (Å²) in [6, 6.07) is 8.59. The lowest BCUT2D eigenvalue weighted by atomic mass is 9.90. The Balaban J connectivity index is 1.95. The summed E-state index contributed by atoms with van der Waals surface area (Å²) in [5.74, 6) is -1.56. The van der Waals surface area contributed by atoms with Gasteiger partial charge in [-0.15, -0.1) is 0 Å². The van der Waals surface area contributed by atoms with E-state index in [-0.39, 0.29) is 64.0 Å². The molecular formula is C30H32N2O7. The highest BCUT2D eigenvalue weighted by Crippen LogP contribution is 2.39. The molecule has 2 aliphatic rings. The van der Waals surface area contributed by atoms with Crippen LogP contribution in [0, 0.1) is 0 Å². The Morgan fingerprint density at radius 1 is 1.05 bits per heavy atom.